The molecule has 0 bridgehead atoms. The second-order valence-electron chi connectivity index (χ2n) is 4.15. The number of aliphatic imine (C=N–C) groups is 1. The third-order valence-corrected chi connectivity index (χ3v) is 4.28. The molecule has 0 aromatic heterocycles. The Morgan fingerprint density at radius 2 is 2.38 bits per heavy atom. The van der Waals surface area contributed by atoms with E-state index in [4.69, 9.17) is 9.73 Å². The van der Waals surface area contributed by atoms with Crippen LogP contribution in [0.5, 0.6) is 0 Å². The van der Waals surface area contributed by atoms with Gasteiger partial charge in [-0.1, -0.05) is 28.1 Å². The molecule has 1 atom stereocenters. The van der Waals surface area contributed by atoms with Crippen LogP contribution >= 0.6 is 27.7 Å². The van der Waals surface area contributed by atoms with Crippen LogP contribution in [-0.4, -0.2) is 30.1 Å². The first-order valence-electron chi connectivity index (χ1n) is 5.10. The van der Waals surface area contributed by atoms with Gasteiger partial charge in [-0.15, -0.1) is 11.8 Å². The van der Waals surface area contributed by atoms with Gasteiger partial charge >= 0.3 is 0 Å². The molecule has 16 heavy (non-hydrogen) atoms. The van der Waals surface area contributed by atoms with Crippen molar-refractivity contribution in [2.45, 2.75) is 12.5 Å². The Balaban J connectivity index is 2.24. The molecule has 1 aliphatic heterocycles. The molecule has 1 aromatic carbocycles. The summed E-state index contributed by atoms with van der Waals surface area (Å²) in [6.45, 7) is 2.81. The molecule has 0 saturated carbocycles. The number of nitrogens with zero attached hydrogens (tertiary/aromatic N) is 1. The van der Waals surface area contributed by atoms with Crippen LogP contribution in [0.25, 0.3) is 0 Å². The predicted molar refractivity (Wildman–Crippen MR) is 73.4 cm³/mol. The fraction of sp³-hybridized carbons (Fsp3) is 0.417. The van der Waals surface area contributed by atoms with Crippen molar-refractivity contribution >= 4 is 32.7 Å². The zero-order valence-corrected chi connectivity index (χ0v) is 11.8. The summed E-state index contributed by atoms with van der Waals surface area (Å²) in [5.74, 6) is 0.989. The van der Waals surface area contributed by atoms with E-state index in [0.29, 0.717) is 6.61 Å². The highest BCUT2D eigenvalue weighted by atomic mass is 79.9. The lowest BCUT2D eigenvalue weighted by molar-refractivity contribution is 0.153. The molecule has 0 N–H and O–H groups in total. The van der Waals surface area contributed by atoms with Crippen molar-refractivity contribution in [2.75, 3.05) is 19.5 Å². The summed E-state index contributed by atoms with van der Waals surface area (Å²) in [7, 11) is 1.72. The van der Waals surface area contributed by atoms with E-state index in [9.17, 15) is 0 Å². The Morgan fingerprint density at radius 3 is 3.06 bits per heavy atom. The van der Waals surface area contributed by atoms with Gasteiger partial charge in [0.05, 0.1) is 17.2 Å². The minimum atomic E-state index is -0.0724. The van der Waals surface area contributed by atoms with E-state index >= 15 is 0 Å². The third kappa shape index (κ3) is 2.67. The summed E-state index contributed by atoms with van der Waals surface area (Å²) in [4.78, 5) is 4.75. The van der Waals surface area contributed by atoms with E-state index in [1.54, 1.807) is 18.9 Å². The second-order valence-corrected chi connectivity index (χ2v) is 6.03. The minimum absolute atomic E-state index is 0.0724. The quantitative estimate of drug-likeness (QED) is 0.854. The van der Waals surface area contributed by atoms with Crippen LogP contribution in [0.15, 0.2) is 33.7 Å². The molecule has 0 fully saturated rings. The summed E-state index contributed by atoms with van der Waals surface area (Å²) in [5, 5.41) is 1.11. The van der Waals surface area contributed by atoms with Gasteiger partial charge in [0.25, 0.3) is 0 Å². The number of benzene rings is 1. The van der Waals surface area contributed by atoms with Crippen LogP contribution in [0, 0.1) is 0 Å². The van der Waals surface area contributed by atoms with Gasteiger partial charge in [0.15, 0.2) is 0 Å². The molecule has 1 aromatic rings. The molecule has 0 radical (unpaired) electrons. The molecule has 0 aliphatic carbocycles. The van der Waals surface area contributed by atoms with Gasteiger partial charge < -0.3 is 4.74 Å². The van der Waals surface area contributed by atoms with Crippen LogP contribution < -0.4 is 0 Å². The van der Waals surface area contributed by atoms with Crippen LogP contribution in [0.4, 0.5) is 0 Å². The van der Waals surface area contributed by atoms with Crippen LogP contribution in [0.1, 0.15) is 12.5 Å². The maximum absolute atomic E-state index is 5.21. The Hall–Kier alpha value is -0.320. The molecule has 2 nitrogen and oxygen atoms in total. The number of ether oxygens (including phenoxy) is 1. The van der Waals surface area contributed by atoms with E-state index in [1.165, 1.54) is 5.56 Å². The summed E-state index contributed by atoms with van der Waals surface area (Å²) >= 11 is 5.28. The predicted octanol–water partition coefficient (Wildman–Crippen LogP) is 3.35. The monoisotopic (exact) mass is 299 g/mol. The van der Waals surface area contributed by atoms with Crippen molar-refractivity contribution in [3.05, 3.63) is 34.3 Å². The maximum Gasteiger partial charge on any atom is 0.0986 e. The van der Waals surface area contributed by atoms with Crippen LogP contribution in [0.2, 0.25) is 0 Å². The highest BCUT2D eigenvalue weighted by Gasteiger charge is 2.31. The van der Waals surface area contributed by atoms with Crippen molar-refractivity contribution in [2.24, 2.45) is 4.99 Å². The molecule has 2 rings (SSSR count). The molecule has 0 amide bonds. The number of methoxy groups -OCH3 is 1. The summed E-state index contributed by atoms with van der Waals surface area (Å²) in [6.07, 6.45) is 0. The number of thioether (sulfide) groups is 1. The first-order valence-corrected chi connectivity index (χ1v) is 6.88. The van der Waals surface area contributed by atoms with E-state index in [-0.39, 0.29) is 5.54 Å². The van der Waals surface area contributed by atoms with Gasteiger partial charge in [0.1, 0.15) is 0 Å². The van der Waals surface area contributed by atoms with E-state index in [2.05, 4.69) is 35.0 Å². The van der Waals surface area contributed by atoms with Gasteiger partial charge in [0.2, 0.25) is 0 Å². The molecular weight excluding hydrogens is 286 g/mol. The Labute approximate surface area is 109 Å². The van der Waals surface area contributed by atoms with Crippen LogP contribution in [0.3, 0.4) is 0 Å². The molecule has 0 spiro atoms. The fourth-order valence-electron chi connectivity index (χ4n) is 1.69. The van der Waals surface area contributed by atoms with E-state index < -0.39 is 0 Å². The normalized spacial score (nSPS) is 24.6. The fourth-order valence-corrected chi connectivity index (χ4v) is 3.26. The molecule has 1 unspecified atom stereocenters. The van der Waals surface area contributed by atoms with Gasteiger partial charge in [0, 0.05) is 22.9 Å². The molecular formula is C12H14BrNOS. The highest BCUT2D eigenvalue weighted by Crippen LogP contribution is 2.31. The summed E-state index contributed by atoms with van der Waals surface area (Å²) in [5.41, 5.74) is 1.11. The highest BCUT2D eigenvalue weighted by molar-refractivity contribution is 9.10. The number of hydrogen-bond acceptors (Lipinski definition) is 3. The Morgan fingerprint density at radius 1 is 1.56 bits per heavy atom. The lowest BCUT2D eigenvalue weighted by Gasteiger charge is -2.17. The largest absolute Gasteiger partial charge is 0.382 e. The topological polar surface area (TPSA) is 21.6 Å². The zero-order chi connectivity index (χ0) is 11.6. The number of hydrogen-bond donors (Lipinski definition) is 0. The van der Waals surface area contributed by atoms with Gasteiger partial charge in [-0.05, 0) is 19.1 Å². The Bertz CT molecular complexity index is 421. The van der Waals surface area contributed by atoms with Crippen molar-refractivity contribution < 1.29 is 4.74 Å². The first-order chi connectivity index (χ1) is 7.63. The SMILES string of the molecule is COCC1(C)CSC(c2cccc(Br)c2)=N1. The van der Waals surface area contributed by atoms with E-state index in [1.807, 2.05) is 12.1 Å². The first kappa shape index (κ1) is 12.1. The molecule has 1 heterocycles. The third-order valence-electron chi connectivity index (χ3n) is 2.42. The van der Waals surface area contributed by atoms with Crippen LogP contribution in [-0.2, 0) is 4.74 Å². The number of rotatable bonds is 3. The van der Waals surface area contributed by atoms with Crippen molar-refractivity contribution in [3.63, 3.8) is 0 Å². The number of halogens is 1. The van der Waals surface area contributed by atoms with E-state index in [0.717, 1.165) is 15.3 Å². The lowest BCUT2D eigenvalue weighted by atomic mass is 10.1. The van der Waals surface area contributed by atoms with Gasteiger partial charge in [-0.25, -0.2) is 0 Å². The molecule has 86 valence electrons. The average Bonchev–Trinajstić information content (AvgIpc) is 2.61. The molecule has 4 heteroatoms. The van der Waals surface area contributed by atoms with Gasteiger partial charge in [-0.3, -0.25) is 4.99 Å². The van der Waals surface area contributed by atoms with Crippen molar-refractivity contribution in [1.82, 2.24) is 0 Å². The molecule has 1 aliphatic rings. The Kier molecular flexibility index (Phi) is 3.72. The smallest absolute Gasteiger partial charge is 0.0986 e. The molecule has 0 saturated heterocycles. The second kappa shape index (κ2) is 4.90. The van der Waals surface area contributed by atoms with Crippen molar-refractivity contribution in [1.29, 1.82) is 0 Å². The average molecular weight is 300 g/mol. The van der Waals surface area contributed by atoms with Crippen molar-refractivity contribution in [3.8, 4) is 0 Å². The summed E-state index contributed by atoms with van der Waals surface area (Å²) < 4.78 is 6.30. The standard InChI is InChI=1S/C12H14BrNOS/c1-12(7-15-2)8-16-11(14-12)9-4-3-5-10(13)6-9/h3-6H,7-8H2,1-2H3. The maximum atomic E-state index is 5.21. The minimum Gasteiger partial charge on any atom is -0.382 e. The zero-order valence-electron chi connectivity index (χ0n) is 9.37. The lowest BCUT2D eigenvalue weighted by Crippen LogP contribution is -2.28. The van der Waals surface area contributed by atoms with Gasteiger partial charge in [-0.2, -0.15) is 0 Å². The summed E-state index contributed by atoms with van der Waals surface area (Å²) in [6, 6.07) is 8.26.